The van der Waals surface area contributed by atoms with Crippen molar-refractivity contribution < 1.29 is 89.4 Å². The smallest absolute Gasteiger partial charge is 0.220 e. The molecule has 656 valence electrons. The molecule has 0 aromatic carbocycles. The van der Waals surface area contributed by atoms with E-state index >= 15 is 0 Å². The molecule has 114 heavy (non-hydrogen) atoms. The highest BCUT2D eigenvalue weighted by atomic mass is 16.8. The van der Waals surface area contributed by atoms with Crippen LogP contribution in [0.15, 0.2) is 134 Å². The van der Waals surface area contributed by atoms with Crippen LogP contribution >= 0.6 is 0 Å². The number of hydrogen-bond donors (Lipinski definition) is 12. The van der Waals surface area contributed by atoms with Crippen molar-refractivity contribution in [2.45, 2.75) is 433 Å². The Morgan fingerprint density at radius 3 is 0.947 bits per heavy atom. The van der Waals surface area contributed by atoms with Crippen molar-refractivity contribution in [1.29, 1.82) is 0 Å². The molecule has 0 saturated carbocycles. The fourth-order valence-corrected chi connectivity index (χ4v) is 14.5. The van der Waals surface area contributed by atoms with E-state index in [9.17, 15) is 61.0 Å². The minimum Gasteiger partial charge on any atom is -0.394 e. The van der Waals surface area contributed by atoms with Crippen LogP contribution in [0.4, 0.5) is 0 Å². The lowest BCUT2D eigenvalue weighted by Gasteiger charge is -2.48. The zero-order chi connectivity index (χ0) is 82.4. The highest BCUT2D eigenvalue weighted by Crippen LogP contribution is 2.33. The van der Waals surface area contributed by atoms with Gasteiger partial charge in [0.25, 0.3) is 0 Å². The summed E-state index contributed by atoms with van der Waals surface area (Å²) in [6.45, 7) is 1.65. The predicted molar refractivity (Wildman–Crippen MR) is 461 cm³/mol. The normalized spacial score (nSPS) is 25.4. The van der Waals surface area contributed by atoms with E-state index in [1.165, 1.54) is 167 Å². The molecule has 3 aliphatic rings. The average Bonchev–Trinajstić information content (AvgIpc) is 0.783. The SMILES string of the molecule is CC/C=C\C/C=C\C/C=C\C/C=C\C/C=C\C/C=C\C/C=C\C/C=C\C/C=C\C/C=C\CCCCCCCCCCC(=O)NC(COC1OC(CO)C(OC2OC(CO)C(OC3OC(CO)C(O)C(O)C3O)C(O)C2O)C(O)C1O)C(O)/C=C/CCCCCCCCCCCCCCCCCCCCCCCCCCCCCC. The van der Waals surface area contributed by atoms with Gasteiger partial charge in [-0.25, -0.2) is 0 Å². The maximum Gasteiger partial charge on any atom is 0.220 e. The third-order valence-corrected chi connectivity index (χ3v) is 21.7. The van der Waals surface area contributed by atoms with Crippen LogP contribution in [0.2, 0.25) is 0 Å². The monoisotopic (exact) mass is 1610 g/mol. The fraction of sp³-hybridized carbons (Fsp3) is 0.758. The molecule has 12 N–H and O–H groups in total. The molecule has 3 rings (SSSR count). The third-order valence-electron chi connectivity index (χ3n) is 21.7. The number of amides is 1. The molecular formula is C95H163NO18. The van der Waals surface area contributed by atoms with Crippen LogP contribution in [-0.4, -0.2) is 193 Å². The number of carbonyl (C=O) groups is 1. The number of hydrogen-bond acceptors (Lipinski definition) is 18. The summed E-state index contributed by atoms with van der Waals surface area (Å²) < 4.78 is 34.5. The number of nitrogens with one attached hydrogen (secondary N) is 1. The highest BCUT2D eigenvalue weighted by molar-refractivity contribution is 5.76. The molecule has 0 spiro atoms. The lowest BCUT2D eigenvalue weighted by molar-refractivity contribution is -0.379. The first kappa shape index (κ1) is 104. The van der Waals surface area contributed by atoms with Crippen LogP contribution in [-0.2, 0) is 33.2 Å². The molecule has 0 radical (unpaired) electrons. The van der Waals surface area contributed by atoms with Crippen LogP contribution < -0.4 is 5.32 Å². The van der Waals surface area contributed by atoms with Crippen LogP contribution in [0.25, 0.3) is 0 Å². The van der Waals surface area contributed by atoms with E-state index < -0.39 is 124 Å². The van der Waals surface area contributed by atoms with Crippen LogP contribution in [0.5, 0.6) is 0 Å². The summed E-state index contributed by atoms with van der Waals surface area (Å²) in [4.78, 5) is 13.5. The first-order chi connectivity index (χ1) is 55.8. The lowest BCUT2D eigenvalue weighted by Crippen LogP contribution is -2.66. The second-order valence-electron chi connectivity index (χ2n) is 31.7. The summed E-state index contributed by atoms with van der Waals surface area (Å²) in [5.74, 6) is -0.286. The third kappa shape index (κ3) is 50.8. The van der Waals surface area contributed by atoms with E-state index in [1.807, 2.05) is 6.08 Å². The van der Waals surface area contributed by atoms with Crippen molar-refractivity contribution in [1.82, 2.24) is 5.32 Å². The van der Waals surface area contributed by atoms with Gasteiger partial charge < -0.3 is 89.9 Å². The van der Waals surface area contributed by atoms with Gasteiger partial charge in [0.15, 0.2) is 18.9 Å². The summed E-state index contributed by atoms with van der Waals surface area (Å²) in [6, 6.07) is -0.990. The van der Waals surface area contributed by atoms with Gasteiger partial charge in [-0.1, -0.05) is 359 Å². The minimum absolute atomic E-state index is 0.226. The Hall–Kier alpha value is -4.07. The molecule has 0 aromatic heterocycles. The maximum absolute atomic E-state index is 13.5. The van der Waals surface area contributed by atoms with E-state index in [2.05, 4.69) is 141 Å². The summed E-state index contributed by atoms with van der Waals surface area (Å²) in [5, 5.41) is 121. The van der Waals surface area contributed by atoms with Crippen molar-refractivity contribution in [3.63, 3.8) is 0 Å². The average molecular weight is 1610 g/mol. The number of carbonyl (C=O) groups excluding carboxylic acids is 1. The van der Waals surface area contributed by atoms with Gasteiger partial charge in [-0.15, -0.1) is 0 Å². The van der Waals surface area contributed by atoms with Crippen molar-refractivity contribution in [3.8, 4) is 0 Å². The first-order valence-corrected chi connectivity index (χ1v) is 45.4. The molecule has 17 atom stereocenters. The summed E-state index contributed by atoms with van der Waals surface area (Å²) in [7, 11) is 0. The molecule has 1 amide bonds. The number of rotatable bonds is 72. The zero-order valence-corrected chi connectivity index (χ0v) is 70.8. The van der Waals surface area contributed by atoms with Gasteiger partial charge in [0.05, 0.1) is 38.6 Å². The Kier molecular flexibility index (Phi) is 66.6. The largest absolute Gasteiger partial charge is 0.394 e. The predicted octanol–water partition coefficient (Wildman–Crippen LogP) is 17.6. The molecule has 19 heteroatoms. The van der Waals surface area contributed by atoms with Gasteiger partial charge in [0.1, 0.15) is 73.2 Å². The van der Waals surface area contributed by atoms with Crippen molar-refractivity contribution >= 4 is 5.91 Å². The van der Waals surface area contributed by atoms with Gasteiger partial charge in [0.2, 0.25) is 5.91 Å². The van der Waals surface area contributed by atoms with Crippen LogP contribution in [0.3, 0.4) is 0 Å². The van der Waals surface area contributed by atoms with E-state index in [0.717, 1.165) is 135 Å². The molecule has 17 unspecified atom stereocenters. The molecule has 19 nitrogen and oxygen atoms in total. The van der Waals surface area contributed by atoms with Gasteiger partial charge in [-0.05, 0) is 96.3 Å². The molecule has 3 fully saturated rings. The van der Waals surface area contributed by atoms with Gasteiger partial charge in [-0.3, -0.25) is 4.79 Å². The number of unbranched alkanes of at least 4 members (excludes halogenated alkanes) is 36. The van der Waals surface area contributed by atoms with E-state index in [0.29, 0.717) is 6.42 Å². The topological polar surface area (TPSA) is 307 Å². The van der Waals surface area contributed by atoms with Crippen LogP contribution in [0.1, 0.15) is 328 Å². The molecule has 3 aliphatic heterocycles. The van der Waals surface area contributed by atoms with Crippen molar-refractivity contribution in [2.75, 3.05) is 26.4 Å². The number of aliphatic hydroxyl groups is 11. The first-order valence-electron chi connectivity index (χ1n) is 45.4. The van der Waals surface area contributed by atoms with Gasteiger partial charge in [0, 0.05) is 6.42 Å². The summed E-state index contributed by atoms with van der Waals surface area (Å²) >= 11 is 0. The lowest BCUT2D eigenvalue weighted by atomic mass is 9.96. The van der Waals surface area contributed by atoms with E-state index in [-0.39, 0.29) is 18.9 Å². The molecule has 3 heterocycles. The Morgan fingerprint density at radius 2 is 0.605 bits per heavy atom. The molecule has 0 aromatic rings. The Bertz CT molecular complexity index is 2580. The van der Waals surface area contributed by atoms with Gasteiger partial charge >= 0.3 is 0 Å². The van der Waals surface area contributed by atoms with Crippen LogP contribution in [0, 0.1) is 0 Å². The Morgan fingerprint density at radius 1 is 0.325 bits per heavy atom. The van der Waals surface area contributed by atoms with Gasteiger partial charge in [-0.2, -0.15) is 0 Å². The Labute approximate surface area is 690 Å². The standard InChI is InChI=1S/C95H163NO18/c1-3-5-7-9-11-13-15-17-19-21-23-25-27-29-31-33-35-36-37-38-39-40-41-42-43-45-47-49-51-53-55-57-59-61-63-65-67-69-71-73-83(101)96-78(79(100)72-70-68-66-64-62-60-58-56-54-52-50-48-46-44-34-32-30-28-26-24-22-20-18-16-14-12-10-8-6-4-2)77-109-93-89(107)86(104)91(81(75-98)111-93)114-95-90(108)87(105)92(82(76-99)112-95)113-94-88(106)85(103)84(102)80(74-97)110-94/h5,7,11,13,17,19,23,25,29,31,35-36,38-39,41-42,45,47,51,53,70,72,78-82,84-95,97-100,102-108H,3-4,6,8-10,12,14-16,18,20-22,24,26-28,30,32-34,37,40,43-44,46,48-50,52,54-69,71,73-77H2,1-2H3,(H,96,101)/b7-5-,13-11-,19-17-,25-23-,31-29-,36-35-,39-38-,42-41-,47-45-,53-51-,72-70+. The fourth-order valence-electron chi connectivity index (χ4n) is 14.5. The number of ether oxygens (including phenoxy) is 6. The number of allylic oxidation sites excluding steroid dienone is 21. The van der Waals surface area contributed by atoms with E-state index in [1.54, 1.807) is 6.08 Å². The minimum atomic E-state index is -1.99. The maximum atomic E-state index is 13.5. The quantitative estimate of drug-likeness (QED) is 0.0199. The molecule has 0 aliphatic carbocycles. The number of aliphatic hydroxyl groups excluding tert-OH is 11. The Balaban J connectivity index is 1.34. The second kappa shape index (κ2) is 72.9. The van der Waals surface area contributed by atoms with E-state index in [4.69, 9.17) is 28.4 Å². The van der Waals surface area contributed by atoms with Crippen molar-refractivity contribution in [2.24, 2.45) is 0 Å². The summed E-state index contributed by atoms with van der Waals surface area (Å²) in [5.41, 5.74) is 0. The second-order valence-corrected chi connectivity index (χ2v) is 31.7. The summed E-state index contributed by atoms with van der Waals surface area (Å²) in [6.07, 6.45) is 78.7. The molecule has 0 bridgehead atoms. The molecule has 3 saturated heterocycles. The molecular weight excluding hydrogens is 1440 g/mol. The zero-order valence-electron chi connectivity index (χ0n) is 70.8. The van der Waals surface area contributed by atoms with Crippen molar-refractivity contribution in [3.05, 3.63) is 134 Å². The highest BCUT2D eigenvalue weighted by Gasteiger charge is 2.54.